The quantitative estimate of drug-likeness (QED) is 0.734. The fourth-order valence-electron chi connectivity index (χ4n) is 2.59. The Morgan fingerprint density at radius 2 is 1.73 bits per heavy atom. The number of aliphatic hydroxyl groups is 1. The van der Waals surface area contributed by atoms with Gasteiger partial charge in [-0.2, -0.15) is 0 Å². The molecule has 0 amide bonds. The van der Waals surface area contributed by atoms with Crippen LogP contribution in [-0.2, 0) is 0 Å². The number of fused-ring (bicyclic) bond motifs is 1. The van der Waals surface area contributed by atoms with Crippen LogP contribution < -0.4 is 10.5 Å². The van der Waals surface area contributed by atoms with Crippen LogP contribution in [0.2, 0.25) is 0 Å². The molecule has 0 saturated carbocycles. The van der Waals surface area contributed by atoms with Crippen molar-refractivity contribution in [3.05, 3.63) is 65.2 Å². The first-order chi connectivity index (χ1) is 10.5. The smallest absolute Gasteiger partial charge is 0.131 e. The van der Waals surface area contributed by atoms with Crippen LogP contribution in [0.5, 0.6) is 5.75 Å². The van der Waals surface area contributed by atoms with Gasteiger partial charge in [-0.15, -0.1) is 0 Å². The lowest BCUT2D eigenvalue weighted by Crippen LogP contribution is -2.51. The van der Waals surface area contributed by atoms with Crippen LogP contribution >= 0.6 is 0 Å². The Kier molecular flexibility index (Phi) is 3.66. The highest BCUT2D eigenvalue weighted by molar-refractivity contribution is 5.49. The highest BCUT2D eigenvalue weighted by atomic mass is 16.5. The van der Waals surface area contributed by atoms with Gasteiger partial charge < -0.3 is 15.6 Å². The van der Waals surface area contributed by atoms with E-state index < -0.39 is 17.7 Å². The molecule has 1 aliphatic rings. The highest BCUT2D eigenvalue weighted by Crippen LogP contribution is 2.38. The van der Waals surface area contributed by atoms with Gasteiger partial charge in [0.2, 0.25) is 0 Å². The molecule has 2 atom stereocenters. The fraction of sp³-hybridized carbons (Fsp3) is 0.263. The number of hydrogen-bond donors (Lipinski definition) is 2. The zero-order chi connectivity index (χ0) is 15.7. The summed E-state index contributed by atoms with van der Waals surface area (Å²) in [7, 11) is 0. The number of ether oxygens (including phenoxy) is 1. The van der Waals surface area contributed by atoms with Crippen molar-refractivity contribution in [3.63, 3.8) is 0 Å². The first-order valence-electron chi connectivity index (χ1n) is 7.31. The maximum absolute atomic E-state index is 10.3. The van der Waals surface area contributed by atoms with Crippen molar-refractivity contribution in [2.24, 2.45) is 5.73 Å². The van der Waals surface area contributed by atoms with Crippen LogP contribution in [0, 0.1) is 11.8 Å². The molecule has 22 heavy (non-hydrogen) atoms. The lowest BCUT2D eigenvalue weighted by molar-refractivity contribution is -0.0571. The summed E-state index contributed by atoms with van der Waals surface area (Å²) in [4.78, 5) is 0. The zero-order valence-electron chi connectivity index (χ0n) is 12.7. The molecule has 0 fully saturated rings. The maximum Gasteiger partial charge on any atom is 0.131 e. The molecule has 112 valence electrons. The summed E-state index contributed by atoms with van der Waals surface area (Å²) in [6.07, 6.45) is -0.752. The maximum atomic E-state index is 10.3. The van der Waals surface area contributed by atoms with Crippen molar-refractivity contribution >= 4 is 0 Å². The van der Waals surface area contributed by atoms with E-state index in [1.54, 1.807) is 0 Å². The zero-order valence-corrected chi connectivity index (χ0v) is 12.7. The minimum absolute atomic E-state index is 0.475. The molecule has 3 N–H and O–H groups in total. The second-order valence-corrected chi connectivity index (χ2v) is 6.04. The summed E-state index contributed by atoms with van der Waals surface area (Å²) in [5, 5.41) is 10.3. The second kappa shape index (κ2) is 5.49. The SMILES string of the molecule is CC1(C)Oc2ccc(C#Cc3ccccc3)cc2C(N)C1O. The Morgan fingerprint density at radius 3 is 2.45 bits per heavy atom. The van der Waals surface area contributed by atoms with Crippen LogP contribution in [-0.4, -0.2) is 16.8 Å². The van der Waals surface area contributed by atoms with Gasteiger partial charge in [0, 0.05) is 16.7 Å². The molecule has 2 unspecified atom stereocenters. The van der Waals surface area contributed by atoms with E-state index in [-0.39, 0.29) is 0 Å². The fourth-order valence-corrected chi connectivity index (χ4v) is 2.59. The summed E-state index contributed by atoms with van der Waals surface area (Å²) >= 11 is 0. The first kappa shape index (κ1) is 14.6. The number of nitrogens with two attached hydrogens (primary N) is 1. The molecule has 0 spiro atoms. The molecular formula is C19H19NO2. The van der Waals surface area contributed by atoms with E-state index in [2.05, 4.69) is 11.8 Å². The lowest BCUT2D eigenvalue weighted by Gasteiger charge is -2.40. The third-order valence-corrected chi connectivity index (χ3v) is 3.92. The van der Waals surface area contributed by atoms with Gasteiger partial charge in [0.1, 0.15) is 17.5 Å². The molecule has 0 aromatic heterocycles. The Bertz CT molecular complexity index is 741. The van der Waals surface area contributed by atoms with E-state index >= 15 is 0 Å². The molecule has 1 heterocycles. The van der Waals surface area contributed by atoms with Crippen LogP contribution in [0.3, 0.4) is 0 Å². The third-order valence-electron chi connectivity index (χ3n) is 3.92. The molecule has 2 aromatic carbocycles. The topological polar surface area (TPSA) is 55.5 Å². The van der Waals surface area contributed by atoms with E-state index in [4.69, 9.17) is 10.5 Å². The molecule has 3 nitrogen and oxygen atoms in total. The molecule has 3 heteroatoms. The van der Waals surface area contributed by atoms with Crippen molar-refractivity contribution < 1.29 is 9.84 Å². The summed E-state index contributed by atoms with van der Waals surface area (Å²) in [6, 6.07) is 15.0. The van der Waals surface area contributed by atoms with Gasteiger partial charge >= 0.3 is 0 Å². The van der Waals surface area contributed by atoms with Gasteiger partial charge in [-0.05, 0) is 44.2 Å². The molecule has 3 rings (SSSR count). The summed E-state index contributed by atoms with van der Waals surface area (Å²) < 4.78 is 5.84. The van der Waals surface area contributed by atoms with E-state index in [1.165, 1.54) is 0 Å². The van der Waals surface area contributed by atoms with Gasteiger partial charge in [-0.3, -0.25) is 0 Å². The van der Waals surface area contributed by atoms with Gasteiger partial charge in [0.15, 0.2) is 0 Å². The number of rotatable bonds is 0. The average Bonchev–Trinajstić information content (AvgIpc) is 2.52. The first-order valence-corrected chi connectivity index (χ1v) is 7.31. The van der Waals surface area contributed by atoms with Crippen LogP contribution in [0.15, 0.2) is 48.5 Å². The van der Waals surface area contributed by atoms with Crippen molar-refractivity contribution in [2.45, 2.75) is 31.6 Å². The minimum atomic E-state index is -0.752. The molecule has 0 saturated heterocycles. The molecule has 0 radical (unpaired) electrons. The van der Waals surface area contributed by atoms with Crippen LogP contribution in [0.25, 0.3) is 0 Å². The molecule has 0 bridgehead atoms. The van der Waals surface area contributed by atoms with Crippen LogP contribution in [0.4, 0.5) is 0 Å². The lowest BCUT2D eigenvalue weighted by atomic mass is 9.86. The number of hydrogen-bond acceptors (Lipinski definition) is 3. The van der Waals surface area contributed by atoms with Crippen molar-refractivity contribution in [2.75, 3.05) is 0 Å². The Labute approximate surface area is 130 Å². The molecule has 1 aliphatic heterocycles. The van der Waals surface area contributed by atoms with E-state index in [0.29, 0.717) is 5.75 Å². The van der Waals surface area contributed by atoms with Gasteiger partial charge in [-0.1, -0.05) is 30.0 Å². The standard InChI is InChI=1S/C19H19NO2/c1-19(2)18(21)17(20)15-12-14(10-11-16(15)22-19)9-8-13-6-4-3-5-7-13/h3-7,10-12,17-18,21H,20H2,1-2H3. The van der Waals surface area contributed by atoms with Gasteiger partial charge in [0.25, 0.3) is 0 Å². The van der Waals surface area contributed by atoms with Gasteiger partial charge in [-0.25, -0.2) is 0 Å². The Morgan fingerprint density at radius 1 is 1.05 bits per heavy atom. The second-order valence-electron chi connectivity index (χ2n) is 6.04. The summed E-state index contributed by atoms with van der Waals surface area (Å²) in [5.74, 6) is 6.96. The van der Waals surface area contributed by atoms with Crippen molar-refractivity contribution in [3.8, 4) is 17.6 Å². The van der Waals surface area contributed by atoms with Gasteiger partial charge in [0.05, 0.1) is 6.04 Å². The van der Waals surface area contributed by atoms with E-state index in [1.807, 2.05) is 62.4 Å². The van der Waals surface area contributed by atoms with E-state index in [9.17, 15) is 5.11 Å². The normalized spacial score (nSPS) is 22.0. The molecule has 2 aromatic rings. The predicted molar refractivity (Wildman–Crippen MR) is 86.5 cm³/mol. The minimum Gasteiger partial charge on any atom is -0.485 e. The Balaban J connectivity index is 1.94. The average molecular weight is 293 g/mol. The summed E-state index contributed by atoms with van der Waals surface area (Å²) in [6.45, 7) is 3.67. The van der Waals surface area contributed by atoms with E-state index in [0.717, 1.165) is 16.7 Å². The summed E-state index contributed by atoms with van der Waals surface area (Å²) in [5.41, 5.74) is 8.09. The highest BCUT2D eigenvalue weighted by Gasteiger charge is 2.41. The molecule has 0 aliphatic carbocycles. The Hall–Kier alpha value is -2.28. The monoisotopic (exact) mass is 293 g/mol. The largest absolute Gasteiger partial charge is 0.485 e. The third kappa shape index (κ3) is 2.71. The van der Waals surface area contributed by atoms with Crippen molar-refractivity contribution in [1.82, 2.24) is 0 Å². The molecular weight excluding hydrogens is 274 g/mol. The van der Waals surface area contributed by atoms with Crippen LogP contribution in [0.1, 0.15) is 36.6 Å². The predicted octanol–water partition coefficient (Wildman–Crippen LogP) is 2.62. The van der Waals surface area contributed by atoms with Crippen molar-refractivity contribution in [1.29, 1.82) is 0 Å². The number of benzene rings is 2. The number of aliphatic hydroxyl groups excluding tert-OH is 1.